The van der Waals surface area contributed by atoms with Gasteiger partial charge in [0.05, 0.1) is 0 Å². The van der Waals surface area contributed by atoms with Crippen LogP contribution < -0.4 is 5.32 Å². The van der Waals surface area contributed by atoms with Crippen LogP contribution in [-0.2, 0) is 21.7 Å². The Kier molecular flexibility index (Phi) is 4.94. The second-order valence-corrected chi connectivity index (χ2v) is 8.83. The van der Waals surface area contributed by atoms with Gasteiger partial charge < -0.3 is 14.8 Å². The van der Waals surface area contributed by atoms with Gasteiger partial charge in [-0.2, -0.15) is 0 Å². The molecule has 1 unspecified atom stereocenters. The second kappa shape index (κ2) is 7.33. The summed E-state index contributed by atoms with van der Waals surface area (Å²) in [5, 5.41) is 5.68. The van der Waals surface area contributed by atoms with Gasteiger partial charge in [0.2, 0.25) is 0 Å². The molecule has 1 N–H and O–H groups in total. The number of fused-ring (bicyclic) bond motifs is 3. The van der Waals surface area contributed by atoms with Gasteiger partial charge in [0.15, 0.2) is 5.75 Å². The fourth-order valence-electron chi connectivity index (χ4n) is 3.24. The second-order valence-electron chi connectivity index (χ2n) is 6.29. The minimum Gasteiger partial charge on any atom is -0.616 e. The molecule has 1 saturated heterocycles. The topological polar surface area (TPSA) is 55.4 Å². The summed E-state index contributed by atoms with van der Waals surface area (Å²) >= 11 is 0.601. The monoisotopic (exact) mass is 372 g/mol. The number of hydrogen-bond acceptors (Lipinski definition) is 4. The molecule has 6 heteroatoms. The molecule has 4 nitrogen and oxygen atoms in total. The van der Waals surface area contributed by atoms with Gasteiger partial charge in [-0.1, -0.05) is 24.3 Å². The highest BCUT2D eigenvalue weighted by Crippen LogP contribution is 2.34. The number of amides is 1. The number of hydrogen-bond donors (Lipinski definition) is 1. The van der Waals surface area contributed by atoms with E-state index in [0.29, 0.717) is 18.8 Å². The fraction of sp³-hybridized carbons (Fsp3) is 0.316. The van der Waals surface area contributed by atoms with Gasteiger partial charge in [-0.15, -0.1) is 11.3 Å². The maximum absolute atomic E-state index is 12.5. The van der Waals surface area contributed by atoms with E-state index in [0.717, 1.165) is 18.7 Å². The van der Waals surface area contributed by atoms with E-state index in [4.69, 9.17) is 0 Å². The highest BCUT2D eigenvalue weighted by molar-refractivity contribution is 7.91. The van der Waals surface area contributed by atoms with Crippen LogP contribution in [0.3, 0.4) is 0 Å². The van der Waals surface area contributed by atoms with Crippen molar-refractivity contribution in [3.63, 3.8) is 0 Å². The quantitative estimate of drug-likeness (QED) is 0.717. The van der Waals surface area contributed by atoms with Gasteiger partial charge in [-0.25, -0.2) is 0 Å². The first-order valence-corrected chi connectivity index (χ1v) is 10.7. The van der Waals surface area contributed by atoms with E-state index in [2.05, 4.69) is 35.6 Å². The zero-order valence-electron chi connectivity index (χ0n) is 13.9. The molecule has 2 heterocycles. The third-order valence-electron chi connectivity index (χ3n) is 4.52. The maximum atomic E-state index is 12.5. The normalized spacial score (nSPS) is 16.4. The molecule has 3 aromatic rings. The third kappa shape index (κ3) is 3.67. The molecule has 1 aliphatic rings. The molecule has 1 atom stereocenters. The van der Waals surface area contributed by atoms with E-state index < -0.39 is 11.2 Å². The van der Waals surface area contributed by atoms with Crippen molar-refractivity contribution in [3.05, 3.63) is 48.0 Å². The first-order valence-electron chi connectivity index (χ1n) is 8.44. The molecular weight excluding hydrogens is 352 g/mol. The predicted molar refractivity (Wildman–Crippen MR) is 105 cm³/mol. The summed E-state index contributed by atoms with van der Waals surface area (Å²) in [5.41, 5.74) is 1.03. The minimum absolute atomic E-state index is 0.00175. The number of benzene rings is 2. The van der Waals surface area contributed by atoms with Crippen molar-refractivity contribution in [1.82, 2.24) is 10.2 Å². The van der Waals surface area contributed by atoms with Crippen molar-refractivity contribution in [2.24, 2.45) is 0 Å². The predicted octanol–water partition coefficient (Wildman–Crippen LogP) is 2.74. The highest BCUT2D eigenvalue weighted by Gasteiger charge is 2.22. The van der Waals surface area contributed by atoms with E-state index in [1.54, 1.807) is 11.3 Å². The first kappa shape index (κ1) is 16.8. The molecule has 1 aromatic heterocycles. The smallest absolute Gasteiger partial charge is 0.272 e. The summed E-state index contributed by atoms with van der Waals surface area (Å²) in [7, 11) is 0. The first-order chi connectivity index (χ1) is 12.2. The average molecular weight is 373 g/mol. The van der Waals surface area contributed by atoms with Crippen LogP contribution >= 0.6 is 11.3 Å². The van der Waals surface area contributed by atoms with E-state index >= 15 is 0 Å². The molecule has 0 aliphatic carbocycles. The van der Waals surface area contributed by atoms with Crippen LogP contribution in [0, 0.1) is 0 Å². The Bertz CT molecular complexity index is 903. The Hall–Kier alpha value is -1.60. The summed E-state index contributed by atoms with van der Waals surface area (Å²) in [4.78, 5) is 14.1. The van der Waals surface area contributed by atoms with E-state index in [1.807, 2.05) is 17.0 Å². The molecule has 1 amide bonds. The van der Waals surface area contributed by atoms with E-state index in [-0.39, 0.29) is 11.7 Å². The maximum Gasteiger partial charge on any atom is 0.272 e. The lowest BCUT2D eigenvalue weighted by molar-refractivity contribution is -0.128. The lowest BCUT2D eigenvalue weighted by atomic mass is 10.1. The van der Waals surface area contributed by atoms with Crippen LogP contribution in [0.4, 0.5) is 0 Å². The lowest BCUT2D eigenvalue weighted by Crippen LogP contribution is -2.48. The van der Waals surface area contributed by atoms with Crippen molar-refractivity contribution in [1.29, 1.82) is 0 Å². The van der Waals surface area contributed by atoms with Gasteiger partial charge >= 0.3 is 0 Å². The number of nitrogens with zero attached hydrogens (tertiary/aromatic N) is 1. The molecule has 1 fully saturated rings. The fourth-order valence-corrected chi connectivity index (χ4v) is 5.44. The van der Waals surface area contributed by atoms with Crippen molar-refractivity contribution in [2.75, 3.05) is 31.9 Å². The Morgan fingerprint density at radius 2 is 1.88 bits per heavy atom. The van der Waals surface area contributed by atoms with Gasteiger partial charge in [-0.05, 0) is 29.4 Å². The van der Waals surface area contributed by atoms with E-state index in [9.17, 15) is 9.35 Å². The van der Waals surface area contributed by atoms with Crippen molar-refractivity contribution in [3.8, 4) is 0 Å². The van der Waals surface area contributed by atoms with Crippen LogP contribution in [0.2, 0.25) is 0 Å². The number of piperazine rings is 1. The number of carbonyl (C=O) groups excluding carboxylic acids is 1. The summed E-state index contributed by atoms with van der Waals surface area (Å²) in [5.74, 6) is 0.544. The third-order valence-corrected chi connectivity index (χ3v) is 6.90. The Balaban J connectivity index is 1.48. The molecule has 0 saturated carbocycles. The summed E-state index contributed by atoms with van der Waals surface area (Å²) in [6, 6.07) is 14.6. The molecule has 0 radical (unpaired) electrons. The van der Waals surface area contributed by atoms with E-state index in [1.165, 1.54) is 20.2 Å². The van der Waals surface area contributed by atoms with Crippen molar-refractivity contribution >= 4 is 48.6 Å². The zero-order valence-corrected chi connectivity index (χ0v) is 15.5. The van der Waals surface area contributed by atoms with Crippen LogP contribution in [0.15, 0.2) is 42.5 Å². The highest BCUT2D eigenvalue weighted by atomic mass is 32.2. The molecular formula is C19H20N2O2S2. The molecule has 25 heavy (non-hydrogen) atoms. The van der Waals surface area contributed by atoms with Crippen LogP contribution in [0.5, 0.6) is 0 Å². The van der Waals surface area contributed by atoms with Crippen LogP contribution in [0.25, 0.3) is 20.2 Å². The number of thiophene rings is 1. The molecule has 130 valence electrons. The molecule has 1 aliphatic heterocycles. The summed E-state index contributed by atoms with van der Waals surface area (Å²) in [6.45, 7) is 3.06. The van der Waals surface area contributed by atoms with Gasteiger partial charge in [0, 0.05) is 51.9 Å². The van der Waals surface area contributed by atoms with Crippen molar-refractivity contribution in [2.45, 2.75) is 5.75 Å². The molecule has 4 rings (SSSR count). The Morgan fingerprint density at radius 3 is 2.72 bits per heavy atom. The molecule has 0 spiro atoms. The average Bonchev–Trinajstić information content (AvgIpc) is 3.00. The number of carbonyl (C=O) groups is 1. The minimum atomic E-state index is -1.18. The largest absolute Gasteiger partial charge is 0.616 e. The molecule has 0 bridgehead atoms. The lowest BCUT2D eigenvalue weighted by Gasteiger charge is -2.27. The molecule has 2 aromatic carbocycles. The number of rotatable bonds is 4. The SMILES string of the molecule is O=C(C[S+]([O-])Cc1ccc2sc3ccccc3c2c1)N1CCNCC1. The van der Waals surface area contributed by atoms with Crippen LogP contribution in [-0.4, -0.2) is 47.3 Å². The number of nitrogens with one attached hydrogen (secondary N) is 1. The van der Waals surface area contributed by atoms with Gasteiger partial charge in [0.25, 0.3) is 5.91 Å². The van der Waals surface area contributed by atoms with Gasteiger partial charge in [-0.3, -0.25) is 4.79 Å². The van der Waals surface area contributed by atoms with Gasteiger partial charge in [0.1, 0.15) is 5.75 Å². The summed E-state index contributed by atoms with van der Waals surface area (Å²) < 4.78 is 15.0. The van der Waals surface area contributed by atoms with Crippen LogP contribution in [0.1, 0.15) is 5.56 Å². The Labute approximate surface area is 154 Å². The zero-order chi connectivity index (χ0) is 17.2. The summed E-state index contributed by atoms with van der Waals surface area (Å²) in [6.07, 6.45) is 0. The Morgan fingerprint density at radius 1 is 1.12 bits per heavy atom. The van der Waals surface area contributed by atoms with Crippen molar-refractivity contribution < 1.29 is 9.35 Å². The standard InChI is InChI=1S/C19H20N2O2S2/c22-19(21-9-7-20-8-10-21)13-25(23)12-14-5-6-18-16(11-14)15-3-1-2-4-17(15)24-18/h1-6,11,20H,7-10,12-13H2.